The maximum atomic E-state index is 6.01. The van der Waals surface area contributed by atoms with E-state index in [2.05, 4.69) is 31.2 Å². The first kappa shape index (κ1) is 12.9. The van der Waals surface area contributed by atoms with Crippen molar-refractivity contribution < 1.29 is 4.74 Å². The predicted molar refractivity (Wildman–Crippen MR) is 73.4 cm³/mol. The summed E-state index contributed by atoms with van der Waals surface area (Å²) in [6.07, 6.45) is 3.33. The van der Waals surface area contributed by atoms with Crippen molar-refractivity contribution in [2.24, 2.45) is 5.73 Å². The van der Waals surface area contributed by atoms with Crippen LogP contribution < -0.4 is 5.73 Å². The molecule has 1 saturated heterocycles. The standard InChI is InChI=1S/C14H21NOS/c1-2-14(15)11-3-5-12(6-4-11)17-13-7-9-16-10-8-13/h3-6,13-14H,2,7-10,15H2,1H3/t14-/m0/s1. The molecule has 0 unspecified atom stereocenters. The Kier molecular flexibility index (Phi) is 4.89. The van der Waals surface area contributed by atoms with Gasteiger partial charge in [-0.1, -0.05) is 19.1 Å². The number of benzene rings is 1. The van der Waals surface area contributed by atoms with Crippen LogP contribution in [0.1, 0.15) is 37.8 Å². The van der Waals surface area contributed by atoms with Gasteiger partial charge in [0.1, 0.15) is 0 Å². The highest BCUT2D eigenvalue weighted by Gasteiger charge is 2.14. The average Bonchev–Trinajstić information content (AvgIpc) is 2.40. The molecule has 2 N–H and O–H groups in total. The fraction of sp³-hybridized carbons (Fsp3) is 0.571. The van der Waals surface area contributed by atoms with Gasteiger partial charge in [0.25, 0.3) is 0 Å². The smallest absolute Gasteiger partial charge is 0.0476 e. The minimum Gasteiger partial charge on any atom is -0.381 e. The summed E-state index contributed by atoms with van der Waals surface area (Å²) < 4.78 is 5.37. The van der Waals surface area contributed by atoms with Gasteiger partial charge in [0.2, 0.25) is 0 Å². The third-order valence-electron chi connectivity index (χ3n) is 3.22. The van der Waals surface area contributed by atoms with E-state index in [-0.39, 0.29) is 6.04 Å². The van der Waals surface area contributed by atoms with Gasteiger partial charge in [0.05, 0.1) is 0 Å². The van der Waals surface area contributed by atoms with Crippen molar-refractivity contribution >= 4 is 11.8 Å². The zero-order valence-corrected chi connectivity index (χ0v) is 11.2. The molecule has 2 nitrogen and oxygen atoms in total. The van der Waals surface area contributed by atoms with Crippen LogP contribution in [0.4, 0.5) is 0 Å². The Morgan fingerprint density at radius 3 is 2.53 bits per heavy atom. The summed E-state index contributed by atoms with van der Waals surface area (Å²) in [6.45, 7) is 3.95. The van der Waals surface area contributed by atoms with E-state index in [0.717, 1.165) is 24.9 Å². The number of thioether (sulfide) groups is 1. The molecule has 1 atom stereocenters. The molecule has 0 spiro atoms. The van der Waals surface area contributed by atoms with Crippen molar-refractivity contribution in [1.29, 1.82) is 0 Å². The van der Waals surface area contributed by atoms with Crippen LogP contribution in [0, 0.1) is 0 Å². The molecule has 1 heterocycles. The molecule has 0 bridgehead atoms. The van der Waals surface area contributed by atoms with E-state index >= 15 is 0 Å². The van der Waals surface area contributed by atoms with Crippen molar-refractivity contribution in [3.63, 3.8) is 0 Å². The van der Waals surface area contributed by atoms with Crippen molar-refractivity contribution in [1.82, 2.24) is 0 Å². The van der Waals surface area contributed by atoms with Gasteiger partial charge < -0.3 is 10.5 Å². The first-order valence-electron chi connectivity index (χ1n) is 6.39. The molecule has 1 aliphatic heterocycles. The molecule has 1 aromatic carbocycles. The Labute approximate surface area is 108 Å². The van der Waals surface area contributed by atoms with Gasteiger partial charge in [0, 0.05) is 29.4 Å². The lowest BCUT2D eigenvalue weighted by Gasteiger charge is -2.21. The fourth-order valence-electron chi connectivity index (χ4n) is 2.02. The summed E-state index contributed by atoms with van der Waals surface area (Å²) in [5.41, 5.74) is 7.24. The number of hydrogen-bond acceptors (Lipinski definition) is 3. The zero-order chi connectivity index (χ0) is 12.1. The molecular formula is C14H21NOS. The number of rotatable bonds is 4. The van der Waals surface area contributed by atoms with E-state index in [0.29, 0.717) is 0 Å². The Hall–Kier alpha value is -0.510. The van der Waals surface area contributed by atoms with E-state index in [1.54, 1.807) is 0 Å². The Balaban J connectivity index is 1.93. The van der Waals surface area contributed by atoms with E-state index in [1.807, 2.05) is 11.8 Å². The number of ether oxygens (including phenoxy) is 1. The van der Waals surface area contributed by atoms with Gasteiger partial charge >= 0.3 is 0 Å². The Morgan fingerprint density at radius 1 is 1.29 bits per heavy atom. The van der Waals surface area contributed by atoms with Gasteiger partial charge in [0.15, 0.2) is 0 Å². The number of nitrogens with two attached hydrogens (primary N) is 1. The van der Waals surface area contributed by atoms with Crippen LogP contribution in [0.5, 0.6) is 0 Å². The molecule has 3 heteroatoms. The van der Waals surface area contributed by atoms with Crippen LogP contribution in [0.3, 0.4) is 0 Å². The molecule has 0 aliphatic carbocycles. The summed E-state index contributed by atoms with van der Waals surface area (Å²) in [6, 6.07) is 8.90. The fourth-order valence-corrected chi connectivity index (χ4v) is 3.12. The molecule has 2 rings (SSSR count). The molecule has 0 amide bonds. The van der Waals surface area contributed by atoms with E-state index in [1.165, 1.54) is 23.3 Å². The van der Waals surface area contributed by atoms with E-state index < -0.39 is 0 Å². The first-order valence-corrected chi connectivity index (χ1v) is 7.27. The van der Waals surface area contributed by atoms with Crippen molar-refractivity contribution in [2.75, 3.05) is 13.2 Å². The van der Waals surface area contributed by atoms with E-state index in [4.69, 9.17) is 10.5 Å². The maximum Gasteiger partial charge on any atom is 0.0476 e. The van der Waals surface area contributed by atoms with Gasteiger partial charge in [-0.25, -0.2) is 0 Å². The minimum atomic E-state index is 0.178. The van der Waals surface area contributed by atoms with Crippen LogP contribution >= 0.6 is 11.8 Å². The van der Waals surface area contributed by atoms with Crippen LogP contribution in [0.15, 0.2) is 29.2 Å². The highest BCUT2D eigenvalue weighted by atomic mass is 32.2. The second kappa shape index (κ2) is 6.43. The van der Waals surface area contributed by atoms with Gasteiger partial charge in [-0.2, -0.15) is 0 Å². The lowest BCUT2D eigenvalue weighted by molar-refractivity contribution is 0.100. The molecule has 17 heavy (non-hydrogen) atoms. The van der Waals surface area contributed by atoms with Gasteiger partial charge in [-0.3, -0.25) is 0 Å². The maximum absolute atomic E-state index is 6.01. The molecule has 1 aliphatic rings. The van der Waals surface area contributed by atoms with E-state index in [9.17, 15) is 0 Å². The molecule has 0 radical (unpaired) electrons. The van der Waals surface area contributed by atoms with Gasteiger partial charge in [-0.05, 0) is 37.0 Å². The lowest BCUT2D eigenvalue weighted by Crippen LogP contribution is -2.17. The Bertz CT molecular complexity index is 333. The van der Waals surface area contributed by atoms with Crippen LogP contribution in [-0.4, -0.2) is 18.5 Å². The van der Waals surface area contributed by atoms with Gasteiger partial charge in [-0.15, -0.1) is 11.8 Å². The molecule has 0 saturated carbocycles. The summed E-state index contributed by atoms with van der Waals surface area (Å²) in [5, 5.41) is 0.717. The number of hydrogen-bond donors (Lipinski definition) is 1. The van der Waals surface area contributed by atoms with Crippen molar-refractivity contribution in [2.45, 2.75) is 42.4 Å². The van der Waals surface area contributed by atoms with Crippen LogP contribution in [0.25, 0.3) is 0 Å². The SMILES string of the molecule is CC[C@H](N)c1ccc(SC2CCOCC2)cc1. The van der Waals surface area contributed by atoms with Crippen molar-refractivity contribution in [3.05, 3.63) is 29.8 Å². The van der Waals surface area contributed by atoms with Crippen molar-refractivity contribution in [3.8, 4) is 0 Å². The summed E-state index contributed by atoms with van der Waals surface area (Å²) in [7, 11) is 0. The summed E-state index contributed by atoms with van der Waals surface area (Å²) >= 11 is 1.97. The first-order chi connectivity index (χ1) is 8.29. The molecule has 94 valence electrons. The zero-order valence-electron chi connectivity index (χ0n) is 10.4. The Morgan fingerprint density at radius 2 is 1.94 bits per heavy atom. The highest BCUT2D eigenvalue weighted by molar-refractivity contribution is 8.00. The highest BCUT2D eigenvalue weighted by Crippen LogP contribution is 2.30. The molecular weight excluding hydrogens is 230 g/mol. The predicted octanol–water partition coefficient (Wildman–Crippen LogP) is 3.37. The monoisotopic (exact) mass is 251 g/mol. The normalized spacial score (nSPS) is 19.2. The topological polar surface area (TPSA) is 35.2 Å². The summed E-state index contributed by atoms with van der Waals surface area (Å²) in [5.74, 6) is 0. The van der Waals surface area contributed by atoms with Crippen LogP contribution in [-0.2, 0) is 4.74 Å². The van der Waals surface area contributed by atoms with Crippen LogP contribution in [0.2, 0.25) is 0 Å². The average molecular weight is 251 g/mol. The quantitative estimate of drug-likeness (QED) is 0.891. The minimum absolute atomic E-state index is 0.178. The second-order valence-corrected chi connectivity index (χ2v) is 5.89. The third kappa shape index (κ3) is 3.73. The third-order valence-corrected chi connectivity index (χ3v) is 4.57. The molecule has 1 fully saturated rings. The second-order valence-electron chi connectivity index (χ2n) is 4.51. The molecule has 0 aromatic heterocycles. The lowest BCUT2D eigenvalue weighted by atomic mass is 10.1. The molecule has 1 aromatic rings. The summed E-state index contributed by atoms with van der Waals surface area (Å²) in [4.78, 5) is 1.35. The largest absolute Gasteiger partial charge is 0.381 e.